The summed E-state index contributed by atoms with van der Waals surface area (Å²) in [6.07, 6.45) is 11.1. The highest BCUT2D eigenvalue weighted by Crippen LogP contribution is 2.14. The van der Waals surface area contributed by atoms with E-state index in [1.165, 1.54) is 44.9 Å². The fraction of sp³-hybridized carbons (Fsp3) is 0.923. The molecule has 2 heteroatoms. The second kappa shape index (κ2) is 9.17. The maximum absolute atomic E-state index is 5.65. The Bertz CT molecular complexity index is 130. The quantitative estimate of drug-likeness (QED) is 0.572. The minimum Gasteiger partial charge on any atom is -0.353 e. The van der Waals surface area contributed by atoms with Crippen LogP contribution in [-0.4, -0.2) is 19.5 Å². The molecule has 0 aliphatic carbocycles. The van der Waals surface area contributed by atoms with Gasteiger partial charge in [0.25, 0.3) is 0 Å². The van der Waals surface area contributed by atoms with Crippen LogP contribution in [-0.2, 0) is 9.47 Å². The lowest BCUT2D eigenvalue weighted by atomic mass is 10.1. The van der Waals surface area contributed by atoms with Gasteiger partial charge in [-0.15, -0.1) is 0 Å². The van der Waals surface area contributed by atoms with Crippen LogP contribution in [0.3, 0.4) is 0 Å². The summed E-state index contributed by atoms with van der Waals surface area (Å²) in [4.78, 5) is 0. The molecular formula is C13H25O2. The van der Waals surface area contributed by atoms with Crippen LogP contribution in [0.2, 0.25) is 0 Å². The fourth-order valence-corrected chi connectivity index (χ4v) is 1.87. The van der Waals surface area contributed by atoms with Crippen molar-refractivity contribution in [2.24, 2.45) is 0 Å². The van der Waals surface area contributed by atoms with Gasteiger partial charge in [0.1, 0.15) is 0 Å². The van der Waals surface area contributed by atoms with Crippen molar-refractivity contribution in [3.8, 4) is 0 Å². The molecule has 15 heavy (non-hydrogen) atoms. The minimum absolute atomic E-state index is 0.0959. The van der Waals surface area contributed by atoms with E-state index in [9.17, 15) is 0 Å². The zero-order chi connectivity index (χ0) is 10.8. The van der Waals surface area contributed by atoms with Crippen molar-refractivity contribution in [2.75, 3.05) is 13.2 Å². The number of hydrogen-bond donors (Lipinski definition) is 0. The van der Waals surface area contributed by atoms with E-state index in [0.717, 1.165) is 26.1 Å². The Kier molecular flexibility index (Phi) is 7.94. The predicted molar refractivity (Wildman–Crippen MR) is 62.6 cm³/mol. The van der Waals surface area contributed by atoms with Crippen LogP contribution in [0, 0.1) is 6.92 Å². The van der Waals surface area contributed by atoms with Gasteiger partial charge in [-0.2, -0.15) is 0 Å². The first-order chi connectivity index (χ1) is 7.43. The van der Waals surface area contributed by atoms with Crippen LogP contribution in [0.1, 0.15) is 57.8 Å². The molecule has 1 aliphatic rings. The molecule has 0 spiro atoms. The monoisotopic (exact) mass is 213 g/mol. The second-order valence-corrected chi connectivity index (χ2v) is 4.29. The van der Waals surface area contributed by atoms with Crippen LogP contribution in [0.4, 0.5) is 0 Å². The van der Waals surface area contributed by atoms with E-state index < -0.39 is 0 Å². The summed E-state index contributed by atoms with van der Waals surface area (Å²) in [5.41, 5.74) is 0. The van der Waals surface area contributed by atoms with Crippen molar-refractivity contribution in [1.29, 1.82) is 0 Å². The molecule has 0 saturated carbocycles. The largest absolute Gasteiger partial charge is 0.353 e. The molecule has 1 unspecified atom stereocenters. The predicted octanol–water partition coefficient (Wildman–Crippen LogP) is 3.70. The van der Waals surface area contributed by atoms with Gasteiger partial charge < -0.3 is 9.47 Å². The van der Waals surface area contributed by atoms with E-state index in [2.05, 4.69) is 6.92 Å². The smallest absolute Gasteiger partial charge is 0.157 e. The molecule has 1 fully saturated rings. The average Bonchev–Trinajstić information content (AvgIpc) is 2.29. The van der Waals surface area contributed by atoms with Crippen LogP contribution in [0.25, 0.3) is 0 Å². The van der Waals surface area contributed by atoms with Crippen molar-refractivity contribution in [3.63, 3.8) is 0 Å². The highest BCUT2D eigenvalue weighted by molar-refractivity contribution is 4.54. The average molecular weight is 213 g/mol. The molecule has 1 heterocycles. The van der Waals surface area contributed by atoms with Crippen LogP contribution in [0.5, 0.6) is 0 Å². The Hall–Kier alpha value is -0.0800. The first kappa shape index (κ1) is 13.0. The highest BCUT2D eigenvalue weighted by Gasteiger charge is 2.12. The maximum atomic E-state index is 5.65. The Morgan fingerprint density at radius 1 is 1.07 bits per heavy atom. The lowest BCUT2D eigenvalue weighted by Crippen LogP contribution is -2.22. The van der Waals surface area contributed by atoms with Crippen molar-refractivity contribution in [2.45, 2.75) is 64.1 Å². The first-order valence-electron chi connectivity index (χ1n) is 6.46. The molecule has 1 aliphatic heterocycles. The van der Waals surface area contributed by atoms with Gasteiger partial charge in [-0.3, -0.25) is 0 Å². The molecule has 0 aromatic carbocycles. The summed E-state index contributed by atoms with van der Waals surface area (Å²) in [7, 11) is 0. The molecule has 1 atom stereocenters. The first-order valence-corrected chi connectivity index (χ1v) is 6.46. The van der Waals surface area contributed by atoms with E-state index in [0.29, 0.717) is 0 Å². The Morgan fingerprint density at radius 3 is 2.60 bits per heavy atom. The summed E-state index contributed by atoms with van der Waals surface area (Å²) in [5, 5.41) is 0. The van der Waals surface area contributed by atoms with E-state index >= 15 is 0 Å². The van der Waals surface area contributed by atoms with Gasteiger partial charge in [-0.25, -0.2) is 0 Å². The molecule has 2 nitrogen and oxygen atoms in total. The number of hydrogen-bond acceptors (Lipinski definition) is 2. The lowest BCUT2D eigenvalue weighted by molar-refractivity contribution is -0.162. The van der Waals surface area contributed by atoms with Crippen LogP contribution in [0.15, 0.2) is 0 Å². The van der Waals surface area contributed by atoms with Gasteiger partial charge in [-0.1, -0.05) is 39.0 Å². The van der Waals surface area contributed by atoms with Crippen LogP contribution < -0.4 is 0 Å². The Labute approximate surface area is 94.3 Å². The molecule has 1 rings (SSSR count). The maximum Gasteiger partial charge on any atom is 0.157 e. The van der Waals surface area contributed by atoms with E-state index in [4.69, 9.17) is 9.47 Å². The van der Waals surface area contributed by atoms with Crippen molar-refractivity contribution < 1.29 is 9.47 Å². The normalized spacial score (nSPS) is 21.8. The van der Waals surface area contributed by atoms with Crippen molar-refractivity contribution in [3.05, 3.63) is 6.92 Å². The Balaban J connectivity index is 1.79. The van der Waals surface area contributed by atoms with Gasteiger partial charge in [-0.05, 0) is 25.7 Å². The molecule has 1 radical (unpaired) electrons. The molecule has 1 saturated heterocycles. The van der Waals surface area contributed by atoms with E-state index in [-0.39, 0.29) is 6.29 Å². The van der Waals surface area contributed by atoms with Crippen molar-refractivity contribution in [1.82, 2.24) is 0 Å². The molecule has 0 aromatic heterocycles. The minimum atomic E-state index is 0.0959. The summed E-state index contributed by atoms with van der Waals surface area (Å²) in [5.74, 6) is 0. The van der Waals surface area contributed by atoms with Crippen LogP contribution >= 0.6 is 0 Å². The number of unbranched alkanes of at least 4 members (excludes halogenated alkanes) is 5. The van der Waals surface area contributed by atoms with E-state index in [1.807, 2.05) is 0 Å². The third kappa shape index (κ3) is 6.91. The summed E-state index contributed by atoms with van der Waals surface area (Å²) >= 11 is 0. The third-order valence-electron chi connectivity index (χ3n) is 2.84. The summed E-state index contributed by atoms with van der Waals surface area (Å²) < 4.78 is 11.1. The molecule has 89 valence electrons. The lowest BCUT2D eigenvalue weighted by Gasteiger charge is -2.22. The summed E-state index contributed by atoms with van der Waals surface area (Å²) in [6.45, 7) is 5.59. The zero-order valence-corrected chi connectivity index (χ0v) is 9.88. The molecular weight excluding hydrogens is 188 g/mol. The SMILES string of the molecule is [CH2]CCCCCCCOC1CCCCO1. The van der Waals surface area contributed by atoms with Gasteiger partial charge in [0.05, 0.1) is 0 Å². The molecule has 0 bridgehead atoms. The summed E-state index contributed by atoms with van der Waals surface area (Å²) in [6, 6.07) is 0. The second-order valence-electron chi connectivity index (χ2n) is 4.29. The van der Waals surface area contributed by atoms with E-state index in [1.54, 1.807) is 0 Å². The van der Waals surface area contributed by atoms with Gasteiger partial charge in [0.2, 0.25) is 0 Å². The zero-order valence-electron chi connectivity index (χ0n) is 9.88. The number of rotatable bonds is 8. The van der Waals surface area contributed by atoms with Crippen molar-refractivity contribution >= 4 is 0 Å². The molecule has 0 amide bonds. The highest BCUT2D eigenvalue weighted by atomic mass is 16.7. The fourth-order valence-electron chi connectivity index (χ4n) is 1.87. The standard InChI is InChI=1S/C13H25O2/c1-2-3-4-5-6-8-11-14-13-10-7-9-12-15-13/h13H,1-12H2. The van der Waals surface area contributed by atoms with Gasteiger partial charge in [0, 0.05) is 13.2 Å². The molecule has 0 N–H and O–H groups in total. The third-order valence-corrected chi connectivity index (χ3v) is 2.84. The Morgan fingerprint density at radius 2 is 1.87 bits per heavy atom. The number of ether oxygens (including phenoxy) is 2. The topological polar surface area (TPSA) is 18.5 Å². The molecule has 0 aromatic rings. The van der Waals surface area contributed by atoms with Gasteiger partial charge >= 0.3 is 0 Å². The van der Waals surface area contributed by atoms with Gasteiger partial charge in [0.15, 0.2) is 6.29 Å².